The lowest BCUT2D eigenvalue weighted by Gasteiger charge is -2.22. The summed E-state index contributed by atoms with van der Waals surface area (Å²) in [7, 11) is 1.54. The van der Waals surface area contributed by atoms with Gasteiger partial charge >= 0.3 is 6.03 Å². The maximum absolute atomic E-state index is 13.5. The lowest BCUT2D eigenvalue weighted by Crippen LogP contribution is -2.37. The lowest BCUT2D eigenvalue weighted by molar-refractivity contribution is -0.124. The Bertz CT molecular complexity index is 1310. The van der Waals surface area contributed by atoms with E-state index in [1.165, 1.54) is 12.0 Å². The number of ether oxygens (including phenoxy) is 3. The Hall–Kier alpha value is -3.80. The van der Waals surface area contributed by atoms with E-state index in [-0.39, 0.29) is 25.7 Å². The van der Waals surface area contributed by atoms with Crippen LogP contribution in [0.2, 0.25) is 0 Å². The molecule has 0 radical (unpaired) electrons. The fraction of sp³-hybridized carbons (Fsp3) is 0.192. The van der Waals surface area contributed by atoms with Gasteiger partial charge in [0.05, 0.1) is 19.2 Å². The second kappa shape index (κ2) is 10.1. The molecule has 36 heavy (non-hydrogen) atoms. The molecule has 4 amide bonds. The Balaban J connectivity index is 1.41. The molecule has 1 unspecified atom stereocenters. The maximum atomic E-state index is 13.5. The molecule has 3 aromatic carbocycles. The third kappa shape index (κ3) is 4.81. The van der Waals surface area contributed by atoms with Crippen LogP contribution >= 0.6 is 22.6 Å². The fourth-order valence-electron chi connectivity index (χ4n) is 4.14. The van der Waals surface area contributed by atoms with Crippen LogP contribution in [0.4, 0.5) is 16.2 Å². The number of nitrogens with zero attached hydrogens (tertiary/aromatic N) is 2. The average molecular weight is 599 g/mol. The number of amides is 4. The standard InChI is InChI=1S/C26H22IN3O6/c1-34-20-9-7-19(8-10-20)30-25(32)21(13-24(31)28-18-5-3-17(27)4-6-18)29(26(30)33)14-16-2-11-22-23(12-16)36-15-35-22/h2-12,21H,13-15H2,1H3,(H,28,31). The normalized spacial score (nSPS) is 16.4. The third-order valence-electron chi connectivity index (χ3n) is 5.95. The molecule has 1 fully saturated rings. The zero-order valence-corrected chi connectivity index (χ0v) is 21.4. The summed E-state index contributed by atoms with van der Waals surface area (Å²) < 4.78 is 17.0. The van der Waals surface area contributed by atoms with Crippen molar-refractivity contribution < 1.29 is 28.6 Å². The van der Waals surface area contributed by atoms with Crippen molar-refractivity contribution in [1.29, 1.82) is 0 Å². The molecule has 3 aromatic rings. The number of urea groups is 1. The largest absolute Gasteiger partial charge is 0.497 e. The average Bonchev–Trinajstić information content (AvgIpc) is 3.43. The van der Waals surface area contributed by atoms with Crippen LogP contribution in [0.1, 0.15) is 12.0 Å². The second-order valence-corrected chi connectivity index (χ2v) is 9.49. The van der Waals surface area contributed by atoms with E-state index >= 15 is 0 Å². The molecule has 0 aromatic heterocycles. The number of imide groups is 1. The SMILES string of the molecule is COc1ccc(N2C(=O)C(CC(=O)Nc3ccc(I)cc3)N(Cc3ccc4c(c3)OCO4)C2=O)cc1. The van der Waals surface area contributed by atoms with Gasteiger partial charge in [0.2, 0.25) is 12.7 Å². The molecule has 2 aliphatic heterocycles. The fourth-order valence-corrected chi connectivity index (χ4v) is 4.50. The highest BCUT2D eigenvalue weighted by Crippen LogP contribution is 2.35. The zero-order chi connectivity index (χ0) is 25.2. The number of benzene rings is 3. The molecule has 0 saturated carbocycles. The number of halogens is 1. The topological polar surface area (TPSA) is 97.4 Å². The number of hydrogen-bond donors (Lipinski definition) is 1. The summed E-state index contributed by atoms with van der Waals surface area (Å²) in [6, 6.07) is 17.8. The number of carbonyl (C=O) groups excluding carboxylic acids is 3. The third-order valence-corrected chi connectivity index (χ3v) is 6.67. The van der Waals surface area contributed by atoms with Crippen LogP contribution in [0.15, 0.2) is 66.7 Å². The summed E-state index contributed by atoms with van der Waals surface area (Å²) in [6.45, 7) is 0.252. The zero-order valence-electron chi connectivity index (χ0n) is 19.3. The first kappa shape index (κ1) is 23.9. The number of hydrogen-bond acceptors (Lipinski definition) is 6. The van der Waals surface area contributed by atoms with Crippen molar-refractivity contribution in [2.24, 2.45) is 0 Å². The van der Waals surface area contributed by atoms with Crippen molar-refractivity contribution in [3.05, 3.63) is 75.9 Å². The van der Waals surface area contributed by atoms with E-state index in [2.05, 4.69) is 27.9 Å². The van der Waals surface area contributed by atoms with Crippen molar-refractivity contribution in [3.8, 4) is 17.2 Å². The molecule has 1 saturated heterocycles. The number of carbonyl (C=O) groups is 3. The summed E-state index contributed by atoms with van der Waals surface area (Å²) in [4.78, 5) is 42.4. The first-order chi connectivity index (χ1) is 17.4. The van der Waals surface area contributed by atoms with Crippen LogP contribution in [0, 0.1) is 3.57 Å². The van der Waals surface area contributed by atoms with E-state index in [9.17, 15) is 14.4 Å². The predicted octanol–water partition coefficient (Wildman–Crippen LogP) is 4.39. The molecule has 9 nitrogen and oxygen atoms in total. The van der Waals surface area contributed by atoms with Gasteiger partial charge in [-0.05, 0) is 88.8 Å². The minimum Gasteiger partial charge on any atom is -0.497 e. The van der Waals surface area contributed by atoms with Gasteiger partial charge in [-0.2, -0.15) is 0 Å². The molecular weight excluding hydrogens is 577 g/mol. The molecule has 2 heterocycles. The number of rotatable bonds is 7. The van der Waals surface area contributed by atoms with Gasteiger partial charge in [0, 0.05) is 15.8 Å². The van der Waals surface area contributed by atoms with E-state index in [0.29, 0.717) is 28.6 Å². The molecule has 1 atom stereocenters. The highest BCUT2D eigenvalue weighted by atomic mass is 127. The Morgan fingerprint density at radius 1 is 1.03 bits per heavy atom. The molecule has 0 spiro atoms. The Morgan fingerprint density at radius 3 is 2.47 bits per heavy atom. The molecule has 5 rings (SSSR count). The van der Waals surface area contributed by atoms with Crippen LogP contribution in [-0.2, 0) is 16.1 Å². The van der Waals surface area contributed by atoms with Gasteiger partial charge in [0.1, 0.15) is 11.8 Å². The molecule has 0 aliphatic carbocycles. The smallest absolute Gasteiger partial charge is 0.332 e. The number of nitrogens with one attached hydrogen (secondary N) is 1. The van der Waals surface area contributed by atoms with Gasteiger partial charge in [0.15, 0.2) is 11.5 Å². The Kier molecular flexibility index (Phi) is 6.68. The highest BCUT2D eigenvalue weighted by molar-refractivity contribution is 14.1. The predicted molar refractivity (Wildman–Crippen MR) is 140 cm³/mol. The molecule has 10 heteroatoms. The lowest BCUT2D eigenvalue weighted by atomic mass is 10.1. The van der Waals surface area contributed by atoms with Crippen LogP contribution in [-0.4, -0.2) is 42.7 Å². The van der Waals surface area contributed by atoms with E-state index in [4.69, 9.17) is 14.2 Å². The van der Waals surface area contributed by atoms with Crippen LogP contribution in [0.25, 0.3) is 0 Å². The van der Waals surface area contributed by atoms with Crippen molar-refractivity contribution in [2.75, 3.05) is 24.1 Å². The Morgan fingerprint density at radius 2 is 1.75 bits per heavy atom. The summed E-state index contributed by atoms with van der Waals surface area (Å²) in [5.74, 6) is 0.961. The summed E-state index contributed by atoms with van der Waals surface area (Å²) in [5, 5.41) is 2.82. The van der Waals surface area contributed by atoms with Gasteiger partial charge in [-0.15, -0.1) is 0 Å². The van der Waals surface area contributed by atoms with E-state index in [0.717, 1.165) is 14.0 Å². The number of fused-ring (bicyclic) bond motifs is 1. The minimum absolute atomic E-state index is 0.120. The summed E-state index contributed by atoms with van der Waals surface area (Å²) in [6.07, 6.45) is -0.187. The van der Waals surface area contributed by atoms with E-state index in [1.54, 1.807) is 48.5 Å². The number of anilines is 2. The van der Waals surface area contributed by atoms with Crippen molar-refractivity contribution in [1.82, 2.24) is 4.90 Å². The molecule has 1 N–H and O–H groups in total. The first-order valence-electron chi connectivity index (χ1n) is 11.2. The molecule has 0 bridgehead atoms. The molecule has 184 valence electrons. The van der Waals surface area contributed by atoms with Crippen LogP contribution in [0.3, 0.4) is 0 Å². The van der Waals surface area contributed by atoms with E-state index in [1.807, 2.05) is 18.2 Å². The molecular formula is C26H22IN3O6. The van der Waals surface area contributed by atoms with Crippen LogP contribution in [0.5, 0.6) is 17.2 Å². The quantitative estimate of drug-likeness (QED) is 0.320. The first-order valence-corrected chi connectivity index (χ1v) is 12.2. The van der Waals surface area contributed by atoms with Gasteiger partial charge < -0.3 is 24.4 Å². The minimum atomic E-state index is -0.978. The summed E-state index contributed by atoms with van der Waals surface area (Å²) in [5.41, 5.74) is 1.77. The Labute approximate surface area is 221 Å². The molecule has 2 aliphatic rings. The summed E-state index contributed by atoms with van der Waals surface area (Å²) >= 11 is 2.18. The highest BCUT2D eigenvalue weighted by Gasteiger charge is 2.46. The van der Waals surface area contributed by atoms with Gasteiger partial charge in [0.25, 0.3) is 5.91 Å². The van der Waals surface area contributed by atoms with Gasteiger partial charge in [-0.1, -0.05) is 6.07 Å². The van der Waals surface area contributed by atoms with E-state index < -0.39 is 18.0 Å². The van der Waals surface area contributed by atoms with Gasteiger partial charge in [-0.3, -0.25) is 9.59 Å². The van der Waals surface area contributed by atoms with Gasteiger partial charge in [-0.25, -0.2) is 9.69 Å². The van der Waals surface area contributed by atoms with Crippen LogP contribution < -0.4 is 24.4 Å². The number of methoxy groups -OCH3 is 1. The van der Waals surface area contributed by atoms with Crippen molar-refractivity contribution in [3.63, 3.8) is 0 Å². The monoisotopic (exact) mass is 599 g/mol. The van der Waals surface area contributed by atoms with Crippen molar-refractivity contribution in [2.45, 2.75) is 19.0 Å². The van der Waals surface area contributed by atoms with Crippen molar-refractivity contribution >= 4 is 51.8 Å². The maximum Gasteiger partial charge on any atom is 0.332 e. The second-order valence-electron chi connectivity index (χ2n) is 8.24.